The van der Waals surface area contributed by atoms with Crippen LogP contribution in [0.25, 0.3) is 11.3 Å². The lowest BCUT2D eigenvalue weighted by Crippen LogP contribution is -2.18. The third kappa shape index (κ3) is 2.39. The molecule has 0 aliphatic rings. The number of rotatable bonds is 4. The highest BCUT2D eigenvalue weighted by atomic mass is 15.1. The van der Waals surface area contributed by atoms with Crippen LogP contribution in [-0.4, -0.2) is 16.1 Å². The Hall–Kier alpha value is -1.61. The van der Waals surface area contributed by atoms with Crippen LogP contribution in [0.1, 0.15) is 24.9 Å². The van der Waals surface area contributed by atoms with Crippen molar-refractivity contribution in [3.63, 3.8) is 0 Å². The predicted molar refractivity (Wildman–Crippen MR) is 70.8 cm³/mol. The molecule has 0 saturated carbocycles. The zero-order valence-corrected chi connectivity index (χ0v) is 10.4. The molecule has 1 heterocycles. The molecule has 90 valence electrons. The Morgan fingerprint density at radius 2 is 2.00 bits per heavy atom. The van der Waals surface area contributed by atoms with Crippen LogP contribution in [0.15, 0.2) is 36.8 Å². The summed E-state index contributed by atoms with van der Waals surface area (Å²) in [5.41, 5.74) is 9.40. The Kier molecular flexibility index (Phi) is 3.59. The zero-order chi connectivity index (χ0) is 12.3. The molecule has 1 aromatic heterocycles. The van der Waals surface area contributed by atoms with Crippen LogP contribution >= 0.6 is 0 Å². The van der Waals surface area contributed by atoms with Gasteiger partial charge in [-0.15, -0.1) is 0 Å². The zero-order valence-electron chi connectivity index (χ0n) is 10.4. The van der Waals surface area contributed by atoms with E-state index in [0.29, 0.717) is 12.6 Å². The summed E-state index contributed by atoms with van der Waals surface area (Å²) < 4.78 is 2.17. The van der Waals surface area contributed by atoms with Crippen LogP contribution in [-0.2, 0) is 0 Å². The van der Waals surface area contributed by atoms with Crippen molar-refractivity contribution < 1.29 is 0 Å². The van der Waals surface area contributed by atoms with Crippen LogP contribution in [0, 0.1) is 6.92 Å². The number of aryl methyl sites for hydroxylation is 1. The van der Waals surface area contributed by atoms with Crippen molar-refractivity contribution in [2.45, 2.75) is 26.3 Å². The highest BCUT2D eigenvalue weighted by Gasteiger charge is 2.11. The van der Waals surface area contributed by atoms with Crippen LogP contribution in [0.2, 0.25) is 0 Å². The fourth-order valence-corrected chi connectivity index (χ4v) is 2.02. The van der Waals surface area contributed by atoms with Crippen molar-refractivity contribution in [2.24, 2.45) is 5.73 Å². The monoisotopic (exact) mass is 229 g/mol. The summed E-state index contributed by atoms with van der Waals surface area (Å²) in [7, 11) is 0. The van der Waals surface area contributed by atoms with Gasteiger partial charge in [0.05, 0.1) is 18.2 Å². The van der Waals surface area contributed by atoms with Gasteiger partial charge in [-0.25, -0.2) is 4.98 Å². The molecular weight excluding hydrogens is 210 g/mol. The topological polar surface area (TPSA) is 43.8 Å². The maximum atomic E-state index is 5.80. The van der Waals surface area contributed by atoms with Crippen molar-refractivity contribution in [1.82, 2.24) is 9.55 Å². The first kappa shape index (κ1) is 11.9. The molecule has 0 spiro atoms. The third-order valence-electron chi connectivity index (χ3n) is 3.15. The molecule has 3 heteroatoms. The number of benzene rings is 1. The van der Waals surface area contributed by atoms with Gasteiger partial charge in [0.15, 0.2) is 0 Å². The smallest absolute Gasteiger partial charge is 0.0954 e. The summed E-state index contributed by atoms with van der Waals surface area (Å²) in [4.78, 5) is 4.25. The van der Waals surface area contributed by atoms with Gasteiger partial charge in [0.2, 0.25) is 0 Å². The molecule has 0 bridgehead atoms. The van der Waals surface area contributed by atoms with Crippen LogP contribution in [0.5, 0.6) is 0 Å². The molecule has 2 N–H and O–H groups in total. The van der Waals surface area contributed by atoms with Crippen molar-refractivity contribution in [3.8, 4) is 11.3 Å². The molecule has 0 amide bonds. The minimum atomic E-state index is 0.328. The van der Waals surface area contributed by atoms with Gasteiger partial charge < -0.3 is 10.3 Å². The molecule has 3 nitrogen and oxygen atoms in total. The molecule has 2 rings (SSSR count). The summed E-state index contributed by atoms with van der Waals surface area (Å²) in [6.45, 7) is 4.89. The Morgan fingerprint density at radius 3 is 2.59 bits per heavy atom. The van der Waals surface area contributed by atoms with E-state index in [1.54, 1.807) is 0 Å². The van der Waals surface area contributed by atoms with E-state index in [1.807, 2.05) is 12.5 Å². The maximum absolute atomic E-state index is 5.80. The lowest BCUT2D eigenvalue weighted by molar-refractivity contribution is 0.500. The van der Waals surface area contributed by atoms with Gasteiger partial charge in [0.1, 0.15) is 0 Å². The molecule has 17 heavy (non-hydrogen) atoms. The number of nitrogens with two attached hydrogens (primary N) is 1. The maximum Gasteiger partial charge on any atom is 0.0954 e. The highest BCUT2D eigenvalue weighted by molar-refractivity contribution is 5.59. The highest BCUT2D eigenvalue weighted by Crippen LogP contribution is 2.23. The number of nitrogens with zero attached hydrogens (tertiary/aromatic N) is 2. The van der Waals surface area contributed by atoms with E-state index in [4.69, 9.17) is 5.73 Å². The molecule has 1 atom stereocenters. The fourth-order valence-electron chi connectivity index (χ4n) is 2.02. The normalized spacial score (nSPS) is 12.6. The number of hydrogen-bond donors (Lipinski definition) is 1. The van der Waals surface area contributed by atoms with Gasteiger partial charge in [-0.3, -0.25) is 0 Å². The summed E-state index contributed by atoms with van der Waals surface area (Å²) in [5.74, 6) is 0. The van der Waals surface area contributed by atoms with Gasteiger partial charge >= 0.3 is 0 Å². The summed E-state index contributed by atoms with van der Waals surface area (Å²) in [5, 5.41) is 0. The number of aromatic nitrogens is 2. The van der Waals surface area contributed by atoms with Gasteiger partial charge in [-0.2, -0.15) is 0 Å². The molecule has 0 fully saturated rings. The van der Waals surface area contributed by atoms with E-state index in [2.05, 4.69) is 47.7 Å². The third-order valence-corrected chi connectivity index (χ3v) is 3.15. The Balaban J connectivity index is 2.39. The summed E-state index contributed by atoms with van der Waals surface area (Å²) in [6, 6.07) is 8.83. The minimum Gasteiger partial charge on any atom is -0.328 e. The quantitative estimate of drug-likeness (QED) is 0.876. The number of hydrogen-bond acceptors (Lipinski definition) is 2. The van der Waals surface area contributed by atoms with Crippen molar-refractivity contribution in [3.05, 3.63) is 42.4 Å². The van der Waals surface area contributed by atoms with Gasteiger partial charge in [0, 0.05) is 12.6 Å². The second-order valence-corrected chi connectivity index (χ2v) is 4.35. The van der Waals surface area contributed by atoms with E-state index >= 15 is 0 Å². The number of imidazole rings is 1. The van der Waals surface area contributed by atoms with Crippen molar-refractivity contribution in [2.75, 3.05) is 6.54 Å². The Bertz CT molecular complexity index is 466. The van der Waals surface area contributed by atoms with E-state index in [0.717, 1.165) is 12.1 Å². The summed E-state index contributed by atoms with van der Waals surface area (Å²) in [6.07, 6.45) is 4.80. The van der Waals surface area contributed by atoms with Gasteiger partial charge in [-0.1, -0.05) is 36.8 Å². The first-order valence-electron chi connectivity index (χ1n) is 6.05. The van der Waals surface area contributed by atoms with E-state index in [9.17, 15) is 0 Å². The van der Waals surface area contributed by atoms with Crippen molar-refractivity contribution >= 4 is 0 Å². The molecule has 1 aromatic carbocycles. The lowest BCUT2D eigenvalue weighted by Gasteiger charge is -2.17. The lowest BCUT2D eigenvalue weighted by atomic mass is 10.1. The predicted octanol–water partition coefficient (Wildman–Crippen LogP) is 2.77. The van der Waals surface area contributed by atoms with Gasteiger partial charge in [0.25, 0.3) is 0 Å². The molecule has 1 unspecified atom stereocenters. The minimum absolute atomic E-state index is 0.328. The fraction of sp³-hybridized carbons (Fsp3) is 0.357. The largest absolute Gasteiger partial charge is 0.328 e. The van der Waals surface area contributed by atoms with E-state index < -0.39 is 0 Å². The van der Waals surface area contributed by atoms with E-state index in [1.165, 1.54) is 11.1 Å². The standard InChI is InChI=1S/C14H19N3/c1-3-13(8-15)17-10-16-9-14(17)12-6-4-11(2)5-7-12/h4-7,9-10,13H,3,8,15H2,1-2H3. The average molecular weight is 229 g/mol. The SMILES string of the molecule is CCC(CN)n1cncc1-c1ccc(C)cc1. The first-order valence-corrected chi connectivity index (χ1v) is 6.05. The summed E-state index contributed by atoms with van der Waals surface area (Å²) >= 11 is 0. The van der Waals surface area contributed by atoms with Crippen LogP contribution < -0.4 is 5.73 Å². The second-order valence-electron chi connectivity index (χ2n) is 4.35. The Labute approximate surface area is 102 Å². The van der Waals surface area contributed by atoms with Crippen molar-refractivity contribution in [1.29, 1.82) is 0 Å². The average Bonchev–Trinajstić information content (AvgIpc) is 2.81. The Morgan fingerprint density at radius 1 is 1.29 bits per heavy atom. The van der Waals surface area contributed by atoms with Crippen LogP contribution in [0.3, 0.4) is 0 Å². The first-order chi connectivity index (χ1) is 8.26. The molecule has 0 saturated heterocycles. The molecule has 0 radical (unpaired) electrons. The molecule has 0 aliphatic carbocycles. The second kappa shape index (κ2) is 5.15. The molecule has 2 aromatic rings. The van der Waals surface area contributed by atoms with Crippen LogP contribution in [0.4, 0.5) is 0 Å². The van der Waals surface area contributed by atoms with E-state index in [-0.39, 0.29) is 0 Å². The molecule has 0 aliphatic heterocycles. The molecular formula is C14H19N3. The van der Waals surface area contributed by atoms with Gasteiger partial charge in [-0.05, 0) is 18.9 Å².